The van der Waals surface area contributed by atoms with Crippen LogP contribution in [0.2, 0.25) is 0 Å². The van der Waals surface area contributed by atoms with Crippen LogP contribution in [0.4, 0.5) is 0 Å². The van der Waals surface area contributed by atoms with E-state index >= 15 is 0 Å². The molecule has 0 aliphatic carbocycles. The fraction of sp³-hybridized carbons (Fsp3) is 0. The first-order valence-electron chi connectivity index (χ1n) is 2.91. The number of carboxylic acid groups (broad SMARTS) is 1. The van der Waals surface area contributed by atoms with Crippen molar-refractivity contribution in [3.8, 4) is 0 Å². The summed E-state index contributed by atoms with van der Waals surface area (Å²) in [6.45, 7) is 15.0. The Morgan fingerprint density at radius 3 is 1.14 bits per heavy atom. The smallest absolute Gasteiger partial charge is 0.466 e. The summed E-state index contributed by atoms with van der Waals surface area (Å²) in [4.78, 5) is 30.8. The summed E-state index contributed by atoms with van der Waals surface area (Å²) >= 11 is 0. The molecule has 0 amide bonds. The number of aliphatic carboxylic acids is 1. The maximum atomic E-state index is 9.25. The Hall–Kier alpha value is -1.20. The van der Waals surface area contributed by atoms with Crippen LogP contribution in [0.1, 0.15) is 0 Å². The van der Waals surface area contributed by atoms with Gasteiger partial charge in [-0.05, 0) is 0 Å². The maximum absolute atomic E-state index is 9.25. The average molecular weight is 226 g/mol. The van der Waals surface area contributed by atoms with E-state index < -0.39 is 13.8 Å². The molecule has 0 spiro atoms. The number of rotatable bonds is 1. The van der Waals surface area contributed by atoms with Crippen molar-refractivity contribution in [3.63, 3.8) is 0 Å². The Kier molecular flexibility index (Phi) is 29.2. The molecule has 0 atom stereocenters. The topological polar surface area (TPSA) is 115 Å². The van der Waals surface area contributed by atoms with Crippen LogP contribution in [-0.2, 0) is 9.36 Å². The van der Waals surface area contributed by atoms with Crippen molar-refractivity contribution in [2.24, 2.45) is 0 Å². The molecule has 0 aromatic rings. The average Bonchev–Trinajstić information content (AvgIpc) is 2.09. The molecule has 0 radical (unpaired) electrons. The van der Waals surface area contributed by atoms with Gasteiger partial charge in [0.1, 0.15) is 0 Å². The van der Waals surface area contributed by atoms with Gasteiger partial charge in [0.25, 0.3) is 0 Å². The molecular formula is C7H15O6P. The van der Waals surface area contributed by atoms with Gasteiger partial charge in [0, 0.05) is 6.08 Å². The van der Waals surface area contributed by atoms with Crippen LogP contribution in [-0.4, -0.2) is 25.8 Å². The van der Waals surface area contributed by atoms with Gasteiger partial charge in [0.15, 0.2) is 0 Å². The lowest BCUT2D eigenvalue weighted by Gasteiger charge is -1.82. The first-order chi connectivity index (χ1) is 6.27. The Bertz CT molecular complexity index is 174. The van der Waals surface area contributed by atoms with E-state index in [1.807, 2.05) is 0 Å². The lowest BCUT2D eigenvalue weighted by atomic mass is 10.7. The van der Waals surface area contributed by atoms with Gasteiger partial charge >= 0.3 is 13.8 Å². The Balaban J connectivity index is -0.0000000528. The van der Waals surface area contributed by atoms with Crippen molar-refractivity contribution in [2.75, 3.05) is 0 Å². The van der Waals surface area contributed by atoms with Crippen LogP contribution in [0.15, 0.2) is 39.0 Å². The molecular weight excluding hydrogens is 211 g/mol. The summed E-state index contributed by atoms with van der Waals surface area (Å²) in [5.41, 5.74) is 0. The van der Waals surface area contributed by atoms with Gasteiger partial charge in [-0.2, -0.15) is 0 Å². The highest BCUT2D eigenvalue weighted by Crippen LogP contribution is 2.25. The third-order valence-corrected chi connectivity index (χ3v) is 0.175. The van der Waals surface area contributed by atoms with E-state index in [2.05, 4.69) is 32.9 Å². The predicted octanol–water partition coefficient (Wildman–Crippen LogP) is 0.933. The quantitative estimate of drug-likeness (QED) is 0.300. The van der Waals surface area contributed by atoms with E-state index in [0.29, 0.717) is 0 Å². The van der Waals surface area contributed by atoms with Gasteiger partial charge in [-0.1, -0.05) is 6.58 Å². The Morgan fingerprint density at radius 2 is 1.14 bits per heavy atom. The lowest BCUT2D eigenvalue weighted by Crippen LogP contribution is -1.82. The third kappa shape index (κ3) is 1620. The number of phosphoric acid groups is 1. The van der Waals surface area contributed by atoms with Crippen molar-refractivity contribution in [2.45, 2.75) is 0 Å². The standard InChI is InChI=1S/C3H4O2.2C2H4.H3O4P/c1-2-3(4)5;2*1-2;1-5(2,3)4/h2H,1H2,(H,4,5);2*1-2H2;(H3,1,2,3,4). The van der Waals surface area contributed by atoms with Crippen molar-refractivity contribution in [1.29, 1.82) is 0 Å². The SMILES string of the molecule is C=C.C=C.C=CC(=O)O.O=P(O)(O)O. The molecule has 14 heavy (non-hydrogen) atoms. The minimum atomic E-state index is -4.64. The highest BCUT2D eigenvalue weighted by molar-refractivity contribution is 7.45. The summed E-state index contributed by atoms with van der Waals surface area (Å²) in [6.07, 6.45) is 0.833. The molecule has 0 aromatic carbocycles. The van der Waals surface area contributed by atoms with E-state index in [0.717, 1.165) is 6.08 Å². The van der Waals surface area contributed by atoms with Crippen molar-refractivity contribution in [3.05, 3.63) is 39.0 Å². The predicted molar refractivity (Wildman–Crippen MR) is 54.6 cm³/mol. The molecule has 0 aromatic heterocycles. The number of hydrogen-bond acceptors (Lipinski definition) is 2. The molecule has 84 valence electrons. The van der Waals surface area contributed by atoms with Gasteiger partial charge in [0.05, 0.1) is 0 Å². The molecule has 0 unspecified atom stereocenters. The number of hydrogen-bond donors (Lipinski definition) is 4. The van der Waals surface area contributed by atoms with E-state index in [-0.39, 0.29) is 0 Å². The van der Waals surface area contributed by atoms with Crippen molar-refractivity contribution >= 4 is 13.8 Å². The van der Waals surface area contributed by atoms with Gasteiger partial charge < -0.3 is 19.8 Å². The molecule has 0 fully saturated rings. The van der Waals surface area contributed by atoms with Crippen LogP contribution in [0.25, 0.3) is 0 Å². The van der Waals surface area contributed by atoms with Crippen LogP contribution < -0.4 is 0 Å². The Morgan fingerprint density at radius 1 is 1.07 bits per heavy atom. The molecule has 0 aliphatic heterocycles. The molecule has 0 saturated heterocycles. The molecule has 0 rings (SSSR count). The largest absolute Gasteiger partial charge is 0.478 e. The summed E-state index contributed by atoms with van der Waals surface area (Å²) in [5.74, 6) is -0.981. The van der Waals surface area contributed by atoms with Crippen LogP contribution in [0.5, 0.6) is 0 Å². The zero-order chi connectivity index (χ0) is 12.8. The fourth-order valence-corrected chi connectivity index (χ4v) is 0. The van der Waals surface area contributed by atoms with Crippen LogP contribution in [0.3, 0.4) is 0 Å². The summed E-state index contributed by atoms with van der Waals surface area (Å²) < 4.78 is 8.88. The molecule has 0 heterocycles. The van der Waals surface area contributed by atoms with Crippen LogP contribution >= 0.6 is 7.82 Å². The highest BCUT2D eigenvalue weighted by Gasteiger charge is 2.00. The first kappa shape index (κ1) is 23.0. The third-order valence-electron chi connectivity index (χ3n) is 0.175. The van der Waals surface area contributed by atoms with E-state index in [1.165, 1.54) is 0 Å². The van der Waals surface area contributed by atoms with Gasteiger partial charge in [-0.15, -0.1) is 26.3 Å². The number of carboxylic acids is 1. The zero-order valence-electron chi connectivity index (χ0n) is 7.67. The molecule has 6 nitrogen and oxygen atoms in total. The number of carbonyl (C=O) groups is 1. The second-order valence-electron chi connectivity index (χ2n) is 1.06. The Labute approximate surface area is 82.8 Å². The van der Waals surface area contributed by atoms with Crippen LogP contribution in [0, 0.1) is 0 Å². The van der Waals surface area contributed by atoms with Crippen molar-refractivity contribution < 1.29 is 29.1 Å². The van der Waals surface area contributed by atoms with Gasteiger partial charge in [-0.25, -0.2) is 9.36 Å². The highest BCUT2D eigenvalue weighted by atomic mass is 31.2. The fourth-order valence-electron chi connectivity index (χ4n) is 0. The molecule has 4 N–H and O–H groups in total. The summed E-state index contributed by atoms with van der Waals surface area (Å²) in [5, 5.41) is 7.60. The summed E-state index contributed by atoms with van der Waals surface area (Å²) in [6, 6.07) is 0. The first-order valence-corrected chi connectivity index (χ1v) is 4.47. The van der Waals surface area contributed by atoms with Crippen molar-refractivity contribution in [1.82, 2.24) is 0 Å². The summed E-state index contributed by atoms with van der Waals surface area (Å²) in [7, 11) is -4.64. The van der Waals surface area contributed by atoms with Gasteiger partial charge in [-0.3, -0.25) is 0 Å². The normalized spacial score (nSPS) is 7.07. The monoisotopic (exact) mass is 226 g/mol. The minimum Gasteiger partial charge on any atom is -0.478 e. The molecule has 7 heteroatoms. The second kappa shape index (κ2) is 17.8. The van der Waals surface area contributed by atoms with Gasteiger partial charge in [0.2, 0.25) is 0 Å². The molecule has 0 aliphatic rings. The van der Waals surface area contributed by atoms with E-state index in [4.69, 9.17) is 24.4 Å². The second-order valence-corrected chi connectivity index (χ2v) is 2.08. The van der Waals surface area contributed by atoms with E-state index in [1.54, 1.807) is 0 Å². The zero-order valence-corrected chi connectivity index (χ0v) is 8.56. The lowest BCUT2D eigenvalue weighted by molar-refractivity contribution is -0.131. The molecule has 0 bridgehead atoms. The minimum absolute atomic E-state index is 0.833. The van der Waals surface area contributed by atoms with E-state index in [9.17, 15) is 4.79 Å². The maximum Gasteiger partial charge on any atom is 0.466 e. The molecule has 0 saturated carbocycles.